The number of nitro groups is 1. The number of esters is 1. The molecule has 9 heteroatoms. The number of hydrogen-bond donors (Lipinski definition) is 2. The van der Waals surface area contributed by atoms with Crippen LogP contribution in [0.5, 0.6) is 0 Å². The number of carbonyl (C=O) groups is 2. The highest BCUT2D eigenvalue weighted by molar-refractivity contribution is 6.10. The number of hydrazone groups is 1. The molecule has 0 radical (unpaired) electrons. The Morgan fingerprint density at radius 2 is 2.12 bits per heavy atom. The number of hydrogen-bond acceptors (Lipinski definition) is 7. The van der Waals surface area contributed by atoms with E-state index in [-0.39, 0.29) is 24.6 Å². The summed E-state index contributed by atoms with van der Waals surface area (Å²) in [5, 5.41) is 25.8. The van der Waals surface area contributed by atoms with Crippen molar-refractivity contribution >= 4 is 23.3 Å². The number of amides is 1. The van der Waals surface area contributed by atoms with Gasteiger partial charge in [0, 0.05) is 24.5 Å². The van der Waals surface area contributed by atoms with Crippen molar-refractivity contribution in [2.24, 2.45) is 16.9 Å². The van der Waals surface area contributed by atoms with Crippen LogP contribution in [0, 0.1) is 22.0 Å². The van der Waals surface area contributed by atoms with Gasteiger partial charge in [-0.25, -0.2) is 5.43 Å². The van der Waals surface area contributed by atoms with Crippen LogP contribution in [0.2, 0.25) is 0 Å². The second-order valence-corrected chi connectivity index (χ2v) is 6.69. The summed E-state index contributed by atoms with van der Waals surface area (Å²) in [7, 11) is 0. The zero-order valence-corrected chi connectivity index (χ0v) is 14.3. The SMILES string of the molecule is CCOC(=O)[C@H]1[C@@H](c2ccc([N+](=O)[O-])cc2)[C@H]2C(=O)NN=C2C[C@@]1(C)O. The first-order chi connectivity index (χ1) is 12.3. The third-order valence-electron chi connectivity index (χ3n) is 4.91. The number of carbonyl (C=O) groups excluding carboxylic acids is 2. The molecule has 2 aliphatic rings. The van der Waals surface area contributed by atoms with Gasteiger partial charge in [-0.1, -0.05) is 12.1 Å². The van der Waals surface area contributed by atoms with Gasteiger partial charge in [-0.15, -0.1) is 0 Å². The van der Waals surface area contributed by atoms with E-state index in [4.69, 9.17) is 4.74 Å². The van der Waals surface area contributed by atoms with Crippen molar-refractivity contribution < 1.29 is 24.4 Å². The van der Waals surface area contributed by atoms with Crippen LogP contribution < -0.4 is 5.43 Å². The number of nitrogens with zero attached hydrogens (tertiary/aromatic N) is 2. The molecule has 1 amide bonds. The van der Waals surface area contributed by atoms with Gasteiger partial charge in [0.05, 0.1) is 34.7 Å². The Morgan fingerprint density at radius 1 is 1.46 bits per heavy atom. The number of nitro benzene ring substituents is 1. The second-order valence-electron chi connectivity index (χ2n) is 6.69. The fourth-order valence-corrected chi connectivity index (χ4v) is 3.83. The average Bonchev–Trinajstić information content (AvgIpc) is 2.93. The first-order valence-corrected chi connectivity index (χ1v) is 8.26. The minimum atomic E-state index is -1.47. The molecule has 1 saturated carbocycles. The largest absolute Gasteiger partial charge is 0.466 e. The minimum Gasteiger partial charge on any atom is -0.466 e. The standard InChI is InChI=1S/C17H19N3O6/c1-3-26-16(22)14-12(9-4-6-10(7-5-9)20(24)25)13-11(8-17(14,2)23)18-19-15(13)21/h4-7,12-14,23H,3,8H2,1-2H3,(H,19,21)/t12-,13-,14+,17+/m0/s1. The first kappa shape index (κ1) is 18.0. The van der Waals surface area contributed by atoms with Crippen LogP contribution in [0.4, 0.5) is 5.69 Å². The lowest BCUT2D eigenvalue weighted by atomic mass is 9.61. The smallest absolute Gasteiger partial charge is 0.312 e. The van der Waals surface area contributed by atoms with E-state index in [1.54, 1.807) is 6.92 Å². The minimum absolute atomic E-state index is 0.0589. The second kappa shape index (κ2) is 6.49. The number of fused-ring (bicyclic) bond motifs is 1. The lowest BCUT2D eigenvalue weighted by Gasteiger charge is -2.43. The highest BCUT2D eigenvalue weighted by Crippen LogP contribution is 2.47. The van der Waals surface area contributed by atoms with E-state index in [2.05, 4.69) is 10.5 Å². The maximum atomic E-state index is 12.6. The third-order valence-corrected chi connectivity index (χ3v) is 4.91. The Bertz CT molecular complexity index is 786. The Hall–Kier alpha value is -2.81. The number of benzene rings is 1. The average molecular weight is 361 g/mol. The van der Waals surface area contributed by atoms with Crippen LogP contribution in [-0.4, -0.2) is 39.8 Å². The quantitative estimate of drug-likeness (QED) is 0.469. The van der Waals surface area contributed by atoms with Gasteiger partial charge in [0.15, 0.2) is 0 Å². The predicted molar refractivity (Wildman–Crippen MR) is 90.3 cm³/mol. The van der Waals surface area contributed by atoms with Crippen molar-refractivity contribution in [2.75, 3.05) is 6.61 Å². The fourth-order valence-electron chi connectivity index (χ4n) is 3.83. The molecule has 0 saturated heterocycles. The summed E-state index contributed by atoms with van der Waals surface area (Å²) in [5.74, 6) is -3.45. The fraction of sp³-hybridized carbons (Fsp3) is 0.471. The molecular weight excluding hydrogens is 342 g/mol. The highest BCUT2D eigenvalue weighted by atomic mass is 16.6. The summed E-state index contributed by atoms with van der Waals surface area (Å²) >= 11 is 0. The predicted octanol–water partition coefficient (Wildman–Crippen LogP) is 1.11. The van der Waals surface area contributed by atoms with Gasteiger partial charge in [-0.05, 0) is 19.4 Å². The van der Waals surface area contributed by atoms with E-state index in [1.165, 1.54) is 31.2 Å². The number of non-ortho nitro benzene ring substituents is 1. The molecule has 1 heterocycles. The number of ether oxygens (including phenoxy) is 1. The molecule has 4 atom stereocenters. The summed E-state index contributed by atoms with van der Waals surface area (Å²) in [6.07, 6.45) is 0.0589. The Kier molecular flexibility index (Phi) is 4.49. The van der Waals surface area contributed by atoms with Crippen molar-refractivity contribution in [3.8, 4) is 0 Å². The monoisotopic (exact) mass is 361 g/mol. The van der Waals surface area contributed by atoms with Crippen LogP contribution in [-0.2, 0) is 14.3 Å². The number of rotatable bonds is 4. The van der Waals surface area contributed by atoms with Crippen molar-refractivity contribution in [1.29, 1.82) is 0 Å². The van der Waals surface area contributed by atoms with Crippen molar-refractivity contribution in [3.05, 3.63) is 39.9 Å². The molecule has 26 heavy (non-hydrogen) atoms. The third kappa shape index (κ3) is 2.94. The summed E-state index contributed by atoms with van der Waals surface area (Å²) in [6.45, 7) is 3.30. The number of aliphatic hydroxyl groups is 1. The lowest BCUT2D eigenvalue weighted by Crippen LogP contribution is -2.54. The number of nitrogens with one attached hydrogen (secondary N) is 1. The van der Waals surface area contributed by atoms with Gasteiger partial charge in [-0.3, -0.25) is 19.7 Å². The Labute approximate surface area is 149 Å². The molecule has 0 unspecified atom stereocenters. The maximum absolute atomic E-state index is 12.6. The van der Waals surface area contributed by atoms with Gasteiger partial charge < -0.3 is 9.84 Å². The van der Waals surface area contributed by atoms with E-state index >= 15 is 0 Å². The molecule has 0 spiro atoms. The molecule has 0 aromatic heterocycles. The van der Waals surface area contributed by atoms with Crippen LogP contribution >= 0.6 is 0 Å². The molecule has 2 N–H and O–H groups in total. The molecule has 1 aromatic rings. The van der Waals surface area contributed by atoms with E-state index < -0.39 is 34.2 Å². The molecule has 3 rings (SSSR count). The molecule has 9 nitrogen and oxygen atoms in total. The van der Waals surface area contributed by atoms with E-state index in [0.29, 0.717) is 11.3 Å². The van der Waals surface area contributed by atoms with Crippen molar-refractivity contribution in [3.63, 3.8) is 0 Å². The highest BCUT2D eigenvalue weighted by Gasteiger charge is 2.57. The zero-order valence-electron chi connectivity index (χ0n) is 14.3. The zero-order chi connectivity index (χ0) is 19.1. The summed E-state index contributed by atoms with van der Waals surface area (Å²) in [6, 6.07) is 5.62. The normalized spacial score (nSPS) is 30.2. The van der Waals surface area contributed by atoms with Gasteiger partial charge in [0.2, 0.25) is 5.91 Å². The van der Waals surface area contributed by atoms with E-state index in [0.717, 1.165) is 0 Å². The topological polar surface area (TPSA) is 131 Å². The summed E-state index contributed by atoms with van der Waals surface area (Å²) < 4.78 is 5.14. The molecule has 138 valence electrons. The van der Waals surface area contributed by atoms with Gasteiger partial charge >= 0.3 is 5.97 Å². The molecule has 0 bridgehead atoms. The van der Waals surface area contributed by atoms with Gasteiger partial charge in [0.1, 0.15) is 0 Å². The van der Waals surface area contributed by atoms with Crippen LogP contribution in [0.15, 0.2) is 29.4 Å². The van der Waals surface area contributed by atoms with Gasteiger partial charge in [0.25, 0.3) is 5.69 Å². The van der Waals surface area contributed by atoms with Crippen LogP contribution in [0.1, 0.15) is 31.7 Å². The summed E-state index contributed by atoms with van der Waals surface area (Å²) in [4.78, 5) is 35.3. The van der Waals surface area contributed by atoms with Crippen LogP contribution in [0.25, 0.3) is 0 Å². The molecule has 1 fully saturated rings. The molecule has 1 aliphatic heterocycles. The summed E-state index contributed by atoms with van der Waals surface area (Å²) in [5.41, 5.74) is 1.82. The lowest BCUT2D eigenvalue weighted by molar-refractivity contribution is -0.384. The molecular formula is C17H19N3O6. The van der Waals surface area contributed by atoms with Crippen LogP contribution in [0.3, 0.4) is 0 Å². The molecule has 1 aromatic carbocycles. The Morgan fingerprint density at radius 3 is 2.69 bits per heavy atom. The Balaban J connectivity index is 2.10. The maximum Gasteiger partial charge on any atom is 0.312 e. The van der Waals surface area contributed by atoms with E-state index in [1.807, 2.05) is 0 Å². The molecule has 1 aliphatic carbocycles. The van der Waals surface area contributed by atoms with Gasteiger partial charge in [-0.2, -0.15) is 5.10 Å². The first-order valence-electron chi connectivity index (χ1n) is 8.26. The van der Waals surface area contributed by atoms with Crippen molar-refractivity contribution in [2.45, 2.75) is 31.8 Å². The van der Waals surface area contributed by atoms with E-state index in [9.17, 15) is 24.8 Å². The van der Waals surface area contributed by atoms with Crippen molar-refractivity contribution in [1.82, 2.24) is 5.43 Å².